The Morgan fingerprint density at radius 1 is 1.40 bits per heavy atom. The van der Waals surface area contributed by atoms with Gasteiger partial charge in [-0.05, 0) is 30.4 Å². The second-order valence-electron chi connectivity index (χ2n) is 5.11. The number of hydrogen-bond acceptors (Lipinski definition) is 3. The Kier molecular flexibility index (Phi) is 5.57. The van der Waals surface area contributed by atoms with E-state index in [2.05, 4.69) is 22.1 Å². The summed E-state index contributed by atoms with van der Waals surface area (Å²) in [5.74, 6) is 6.51. The van der Waals surface area contributed by atoms with Crippen molar-refractivity contribution in [1.82, 2.24) is 4.98 Å². The fourth-order valence-corrected chi connectivity index (χ4v) is 2.54. The van der Waals surface area contributed by atoms with E-state index in [1.54, 1.807) is 18.2 Å². The van der Waals surface area contributed by atoms with Gasteiger partial charge < -0.3 is 10.4 Å². The minimum Gasteiger partial charge on any atom is -0.384 e. The van der Waals surface area contributed by atoms with Crippen LogP contribution < -0.4 is 5.32 Å². The van der Waals surface area contributed by atoms with Crippen molar-refractivity contribution in [1.29, 1.82) is 0 Å². The summed E-state index contributed by atoms with van der Waals surface area (Å²) in [5.41, 5.74) is 0.549. The number of pyridine rings is 1. The molecular formula is C16H20N2O2. The van der Waals surface area contributed by atoms with Gasteiger partial charge >= 0.3 is 0 Å². The van der Waals surface area contributed by atoms with Crippen LogP contribution in [0.15, 0.2) is 18.2 Å². The molecule has 0 aliphatic heterocycles. The highest BCUT2D eigenvalue weighted by Gasteiger charge is 2.16. The number of aliphatic hydroxyl groups is 1. The van der Waals surface area contributed by atoms with Gasteiger partial charge in [0.2, 0.25) is 5.91 Å². The molecule has 0 unspecified atom stereocenters. The normalized spacial score (nSPS) is 14.7. The Hall–Kier alpha value is -1.86. The van der Waals surface area contributed by atoms with Crippen LogP contribution in [0.3, 0.4) is 0 Å². The monoisotopic (exact) mass is 272 g/mol. The molecule has 1 aromatic rings. The summed E-state index contributed by atoms with van der Waals surface area (Å²) in [5, 5.41) is 11.4. The Bertz CT molecular complexity index is 511. The third-order valence-corrected chi connectivity index (χ3v) is 3.57. The van der Waals surface area contributed by atoms with Crippen molar-refractivity contribution in [3.8, 4) is 11.8 Å². The topological polar surface area (TPSA) is 62.2 Å². The lowest BCUT2D eigenvalue weighted by atomic mass is 10.0. The molecule has 2 rings (SSSR count). The van der Waals surface area contributed by atoms with Gasteiger partial charge in [-0.3, -0.25) is 4.79 Å². The molecule has 0 aromatic carbocycles. The van der Waals surface area contributed by atoms with Crippen molar-refractivity contribution < 1.29 is 9.90 Å². The molecule has 2 N–H and O–H groups in total. The van der Waals surface area contributed by atoms with E-state index in [1.165, 1.54) is 25.7 Å². The summed E-state index contributed by atoms with van der Waals surface area (Å²) in [6.07, 6.45) is 6.66. The van der Waals surface area contributed by atoms with Crippen molar-refractivity contribution in [2.75, 3.05) is 11.9 Å². The first kappa shape index (κ1) is 14.5. The molecule has 0 spiro atoms. The molecular weight excluding hydrogens is 252 g/mol. The predicted molar refractivity (Wildman–Crippen MR) is 78.0 cm³/mol. The van der Waals surface area contributed by atoms with E-state index in [-0.39, 0.29) is 12.5 Å². The molecule has 1 heterocycles. The highest BCUT2D eigenvalue weighted by Crippen LogP contribution is 2.28. The van der Waals surface area contributed by atoms with Crippen LogP contribution in [0, 0.1) is 17.8 Å². The van der Waals surface area contributed by atoms with E-state index in [4.69, 9.17) is 5.11 Å². The van der Waals surface area contributed by atoms with Crippen LogP contribution in [0.4, 0.5) is 5.82 Å². The third kappa shape index (κ3) is 4.67. The molecule has 4 heteroatoms. The van der Waals surface area contributed by atoms with Crippen LogP contribution in [-0.2, 0) is 4.79 Å². The summed E-state index contributed by atoms with van der Waals surface area (Å²) in [7, 11) is 0. The standard InChI is InChI=1S/C16H20N2O2/c19-12-4-8-14-7-3-9-15(17-14)18-16(20)11-10-13-5-1-2-6-13/h3,7,9,13,19H,1-2,5-6,10-12H2,(H,17,18,20). The Balaban J connectivity index is 1.83. The maximum atomic E-state index is 11.9. The van der Waals surface area contributed by atoms with Gasteiger partial charge in [-0.2, -0.15) is 0 Å². The molecule has 0 saturated heterocycles. The van der Waals surface area contributed by atoms with Crippen molar-refractivity contribution in [3.05, 3.63) is 23.9 Å². The van der Waals surface area contributed by atoms with E-state index in [9.17, 15) is 4.79 Å². The summed E-state index contributed by atoms with van der Waals surface area (Å²) in [6.45, 7) is -0.195. The van der Waals surface area contributed by atoms with Gasteiger partial charge in [0.05, 0.1) is 0 Å². The zero-order chi connectivity index (χ0) is 14.2. The number of hydrogen-bond donors (Lipinski definition) is 2. The largest absolute Gasteiger partial charge is 0.384 e. The molecule has 1 fully saturated rings. The summed E-state index contributed by atoms with van der Waals surface area (Å²) in [6, 6.07) is 5.29. The second kappa shape index (κ2) is 7.66. The first-order chi connectivity index (χ1) is 9.78. The molecule has 4 nitrogen and oxygen atoms in total. The Labute approximate surface area is 119 Å². The number of nitrogens with one attached hydrogen (secondary N) is 1. The number of nitrogens with zero attached hydrogens (tertiary/aromatic N) is 1. The molecule has 1 amide bonds. The molecule has 0 radical (unpaired) electrons. The van der Waals surface area contributed by atoms with Gasteiger partial charge in [-0.1, -0.05) is 37.7 Å². The maximum Gasteiger partial charge on any atom is 0.225 e. The van der Waals surface area contributed by atoms with Crippen molar-refractivity contribution in [2.24, 2.45) is 5.92 Å². The van der Waals surface area contributed by atoms with E-state index < -0.39 is 0 Å². The number of anilines is 1. The Morgan fingerprint density at radius 2 is 2.20 bits per heavy atom. The van der Waals surface area contributed by atoms with Crippen molar-refractivity contribution >= 4 is 11.7 Å². The van der Waals surface area contributed by atoms with Crippen LogP contribution in [-0.4, -0.2) is 22.6 Å². The minimum absolute atomic E-state index is 0.0108. The zero-order valence-electron chi connectivity index (χ0n) is 11.6. The molecule has 1 aliphatic rings. The zero-order valence-corrected chi connectivity index (χ0v) is 11.6. The fourth-order valence-electron chi connectivity index (χ4n) is 2.54. The number of aromatic nitrogens is 1. The van der Waals surface area contributed by atoms with Crippen molar-refractivity contribution in [2.45, 2.75) is 38.5 Å². The van der Waals surface area contributed by atoms with Gasteiger partial charge in [0, 0.05) is 6.42 Å². The average molecular weight is 272 g/mol. The first-order valence-electron chi connectivity index (χ1n) is 7.14. The lowest BCUT2D eigenvalue weighted by Crippen LogP contribution is -2.13. The number of rotatable bonds is 4. The molecule has 1 aliphatic carbocycles. The molecule has 106 valence electrons. The molecule has 1 saturated carbocycles. The van der Waals surface area contributed by atoms with Gasteiger partial charge in [0.25, 0.3) is 0 Å². The number of aliphatic hydroxyl groups excluding tert-OH is 1. The lowest BCUT2D eigenvalue weighted by molar-refractivity contribution is -0.116. The fraction of sp³-hybridized carbons (Fsp3) is 0.500. The number of carbonyl (C=O) groups excluding carboxylic acids is 1. The van der Waals surface area contributed by atoms with Gasteiger partial charge in [-0.15, -0.1) is 0 Å². The Morgan fingerprint density at radius 3 is 2.95 bits per heavy atom. The van der Waals surface area contributed by atoms with Crippen LogP contribution in [0.1, 0.15) is 44.2 Å². The van der Waals surface area contributed by atoms with Gasteiger partial charge in [0.15, 0.2) is 0 Å². The van der Waals surface area contributed by atoms with Crippen LogP contribution >= 0.6 is 0 Å². The summed E-state index contributed by atoms with van der Waals surface area (Å²) >= 11 is 0. The smallest absolute Gasteiger partial charge is 0.225 e. The summed E-state index contributed by atoms with van der Waals surface area (Å²) in [4.78, 5) is 16.1. The van der Waals surface area contributed by atoms with E-state index in [1.807, 2.05) is 0 Å². The number of carbonyl (C=O) groups is 1. The van der Waals surface area contributed by atoms with E-state index in [0.29, 0.717) is 17.9 Å². The first-order valence-corrected chi connectivity index (χ1v) is 7.14. The number of amides is 1. The van der Waals surface area contributed by atoms with Gasteiger partial charge in [-0.25, -0.2) is 4.98 Å². The summed E-state index contributed by atoms with van der Waals surface area (Å²) < 4.78 is 0. The molecule has 0 atom stereocenters. The average Bonchev–Trinajstić information content (AvgIpc) is 2.97. The van der Waals surface area contributed by atoms with Crippen LogP contribution in [0.5, 0.6) is 0 Å². The van der Waals surface area contributed by atoms with E-state index >= 15 is 0 Å². The van der Waals surface area contributed by atoms with Crippen molar-refractivity contribution in [3.63, 3.8) is 0 Å². The van der Waals surface area contributed by atoms with Crippen LogP contribution in [0.25, 0.3) is 0 Å². The predicted octanol–water partition coefficient (Wildman–Crippen LogP) is 2.33. The highest BCUT2D eigenvalue weighted by molar-refractivity contribution is 5.89. The molecule has 1 aromatic heterocycles. The van der Waals surface area contributed by atoms with Gasteiger partial charge in [0.1, 0.15) is 18.1 Å². The highest BCUT2D eigenvalue weighted by atomic mass is 16.2. The maximum absolute atomic E-state index is 11.9. The minimum atomic E-state index is -0.195. The third-order valence-electron chi connectivity index (χ3n) is 3.57. The second-order valence-corrected chi connectivity index (χ2v) is 5.11. The molecule has 20 heavy (non-hydrogen) atoms. The lowest BCUT2D eigenvalue weighted by Gasteiger charge is -2.08. The quantitative estimate of drug-likeness (QED) is 0.827. The molecule has 0 bridgehead atoms. The SMILES string of the molecule is O=C(CCC1CCCC1)Nc1cccc(C#CCO)n1. The van der Waals surface area contributed by atoms with E-state index in [0.717, 1.165) is 12.3 Å². The van der Waals surface area contributed by atoms with Crippen LogP contribution in [0.2, 0.25) is 0 Å².